The van der Waals surface area contributed by atoms with Crippen LogP contribution in [0.5, 0.6) is 0 Å². The average Bonchev–Trinajstić information content (AvgIpc) is 2.28. The van der Waals surface area contributed by atoms with E-state index in [-0.39, 0.29) is 18.8 Å². The highest BCUT2D eigenvalue weighted by atomic mass is 31.2. The molecule has 19 heavy (non-hydrogen) atoms. The summed E-state index contributed by atoms with van der Waals surface area (Å²) in [7, 11) is -6.73. The van der Waals surface area contributed by atoms with Crippen molar-refractivity contribution in [2.24, 2.45) is 0 Å². The molecular formula is C11H23O6PSi. The molecule has 0 radical (unpaired) electrons. The average molecular weight is 310 g/mol. The fourth-order valence-electron chi connectivity index (χ4n) is 1.00. The molecule has 0 rings (SSSR count). The second-order valence-electron chi connectivity index (χ2n) is 4.80. The summed E-state index contributed by atoms with van der Waals surface area (Å²) in [5, 5.41) is 0. The molecule has 112 valence electrons. The van der Waals surface area contributed by atoms with Gasteiger partial charge in [-0.05, 0) is 32.5 Å². The van der Waals surface area contributed by atoms with E-state index in [1.165, 1.54) is 0 Å². The van der Waals surface area contributed by atoms with Gasteiger partial charge in [0.15, 0.2) is 8.32 Å². The SMILES string of the molecule is CCOC(=O)P(=O)(O[Si](C)(C)C(C)C)C(=O)OCC. The highest BCUT2D eigenvalue weighted by Crippen LogP contribution is 2.54. The van der Waals surface area contributed by atoms with Gasteiger partial charge >= 0.3 is 18.8 Å². The van der Waals surface area contributed by atoms with Gasteiger partial charge in [-0.3, -0.25) is 4.57 Å². The topological polar surface area (TPSA) is 78.9 Å². The Labute approximate surface area is 115 Å². The lowest BCUT2D eigenvalue weighted by Gasteiger charge is -2.29. The summed E-state index contributed by atoms with van der Waals surface area (Å²) in [6.45, 7) is 10.6. The zero-order chi connectivity index (χ0) is 15.3. The summed E-state index contributed by atoms with van der Waals surface area (Å²) in [4.78, 5) is 23.6. The fraction of sp³-hybridized carbons (Fsp3) is 0.818. The van der Waals surface area contributed by atoms with Crippen LogP contribution in [0.3, 0.4) is 0 Å². The molecule has 0 fully saturated rings. The quantitative estimate of drug-likeness (QED) is 0.517. The van der Waals surface area contributed by atoms with Crippen molar-refractivity contribution in [3.05, 3.63) is 0 Å². The first kappa shape index (κ1) is 18.3. The zero-order valence-electron chi connectivity index (χ0n) is 12.4. The Balaban J connectivity index is 5.35. The molecule has 0 saturated carbocycles. The smallest absolute Gasteiger partial charge is 0.404 e. The van der Waals surface area contributed by atoms with Crippen molar-refractivity contribution in [2.45, 2.75) is 46.3 Å². The predicted molar refractivity (Wildman–Crippen MR) is 75.3 cm³/mol. The fourth-order valence-corrected chi connectivity index (χ4v) is 5.84. The van der Waals surface area contributed by atoms with Crippen LogP contribution < -0.4 is 0 Å². The third-order valence-electron chi connectivity index (χ3n) is 2.77. The van der Waals surface area contributed by atoms with Crippen molar-refractivity contribution < 1.29 is 27.8 Å². The van der Waals surface area contributed by atoms with Gasteiger partial charge in [-0.2, -0.15) is 0 Å². The Bertz CT molecular complexity index is 357. The largest absolute Gasteiger partial charge is 0.458 e. The zero-order valence-corrected chi connectivity index (χ0v) is 14.3. The predicted octanol–water partition coefficient (Wildman–Crippen LogP) is 4.21. The summed E-state index contributed by atoms with van der Waals surface area (Å²) >= 11 is 0. The minimum Gasteiger partial charge on any atom is -0.458 e. The standard InChI is InChI=1S/C11H23O6PSi/c1-7-15-10(12)18(14,11(13)16-8-2)17-19(5,6)9(3)4/h9H,7-8H2,1-6H3. The summed E-state index contributed by atoms with van der Waals surface area (Å²) in [6.07, 6.45) is 0. The van der Waals surface area contributed by atoms with Crippen LogP contribution in [-0.4, -0.2) is 33.0 Å². The first-order valence-electron chi connectivity index (χ1n) is 6.27. The van der Waals surface area contributed by atoms with Crippen molar-refractivity contribution in [1.29, 1.82) is 0 Å². The second kappa shape index (κ2) is 7.22. The summed E-state index contributed by atoms with van der Waals surface area (Å²) in [5.74, 6) is 0. The molecule has 0 aliphatic carbocycles. The Morgan fingerprint density at radius 2 is 1.42 bits per heavy atom. The van der Waals surface area contributed by atoms with Crippen LogP contribution in [0, 0.1) is 0 Å². The first-order chi connectivity index (χ1) is 8.61. The summed E-state index contributed by atoms with van der Waals surface area (Å²) < 4.78 is 27.4. The second-order valence-corrected chi connectivity index (χ2v) is 11.7. The molecule has 0 aromatic carbocycles. The van der Waals surface area contributed by atoms with Crippen molar-refractivity contribution in [1.82, 2.24) is 0 Å². The van der Waals surface area contributed by atoms with Gasteiger partial charge in [-0.15, -0.1) is 0 Å². The molecule has 0 bridgehead atoms. The van der Waals surface area contributed by atoms with E-state index in [9.17, 15) is 14.2 Å². The lowest BCUT2D eigenvalue weighted by Crippen LogP contribution is -2.35. The van der Waals surface area contributed by atoms with Crippen LogP contribution >= 0.6 is 7.37 Å². The maximum Gasteiger partial charge on any atom is 0.404 e. The van der Waals surface area contributed by atoms with E-state index >= 15 is 0 Å². The van der Waals surface area contributed by atoms with Gasteiger partial charge in [-0.25, -0.2) is 9.59 Å². The Hall–Kier alpha value is -0.653. The third kappa shape index (κ3) is 4.74. The number of carbonyl (C=O) groups excluding carboxylic acids is 2. The molecule has 0 spiro atoms. The monoisotopic (exact) mass is 310 g/mol. The minimum absolute atomic E-state index is 0.0231. The normalized spacial score (nSPS) is 12.4. The summed E-state index contributed by atoms with van der Waals surface area (Å²) in [5.41, 5.74) is -2.17. The maximum atomic E-state index is 12.6. The summed E-state index contributed by atoms with van der Waals surface area (Å²) in [6, 6.07) is 0. The van der Waals surface area contributed by atoms with Crippen LogP contribution in [0.25, 0.3) is 0 Å². The van der Waals surface area contributed by atoms with Crippen LogP contribution in [0.2, 0.25) is 18.6 Å². The molecule has 0 atom stereocenters. The maximum absolute atomic E-state index is 12.6. The van der Waals surface area contributed by atoms with E-state index in [1.54, 1.807) is 26.9 Å². The molecule has 0 aliphatic heterocycles. The van der Waals surface area contributed by atoms with Gasteiger partial charge < -0.3 is 13.7 Å². The third-order valence-corrected chi connectivity index (χ3v) is 9.68. The number of ether oxygens (including phenoxy) is 2. The van der Waals surface area contributed by atoms with Gasteiger partial charge in [0.1, 0.15) is 0 Å². The van der Waals surface area contributed by atoms with Gasteiger partial charge in [0, 0.05) is 0 Å². The Morgan fingerprint density at radius 1 is 1.05 bits per heavy atom. The van der Waals surface area contributed by atoms with Gasteiger partial charge in [0.05, 0.1) is 13.2 Å². The van der Waals surface area contributed by atoms with Gasteiger partial charge in [0.2, 0.25) is 0 Å². The molecule has 0 N–H and O–H groups in total. The number of hydrogen-bond donors (Lipinski definition) is 0. The molecule has 0 saturated heterocycles. The molecule has 0 amide bonds. The Kier molecular flexibility index (Phi) is 6.97. The van der Waals surface area contributed by atoms with Gasteiger partial charge in [0.25, 0.3) is 0 Å². The minimum atomic E-state index is -4.27. The number of rotatable bonds is 7. The molecule has 0 aromatic rings. The molecule has 0 aromatic heterocycles. The molecule has 8 heteroatoms. The molecule has 6 nitrogen and oxygen atoms in total. The van der Waals surface area contributed by atoms with Crippen molar-refractivity contribution in [2.75, 3.05) is 13.2 Å². The first-order valence-corrected chi connectivity index (χ1v) is 10.9. The lowest BCUT2D eigenvalue weighted by atomic mass is 10.6. The molecular weight excluding hydrogens is 287 g/mol. The van der Waals surface area contributed by atoms with E-state index in [0.29, 0.717) is 0 Å². The van der Waals surface area contributed by atoms with E-state index in [1.807, 2.05) is 13.8 Å². The number of carbonyl (C=O) groups is 2. The number of hydrogen-bond acceptors (Lipinski definition) is 6. The van der Waals surface area contributed by atoms with Crippen LogP contribution in [0.15, 0.2) is 0 Å². The van der Waals surface area contributed by atoms with Crippen LogP contribution in [-0.2, 0) is 18.3 Å². The molecule has 0 unspecified atom stereocenters. The Morgan fingerprint density at radius 3 is 1.68 bits per heavy atom. The molecule has 0 heterocycles. The highest BCUT2D eigenvalue weighted by molar-refractivity contribution is 7.90. The van der Waals surface area contributed by atoms with Gasteiger partial charge in [-0.1, -0.05) is 13.8 Å². The van der Waals surface area contributed by atoms with E-state index in [4.69, 9.17) is 13.7 Å². The van der Waals surface area contributed by atoms with Crippen LogP contribution in [0.1, 0.15) is 27.7 Å². The van der Waals surface area contributed by atoms with Crippen molar-refractivity contribution in [3.63, 3.8) is 0 Å². The van der Waals surface area contributed by atoms with Crippen molar-refractivity contribution >= 4 is 27.1 Å². The van der Waals surface area contributed by atoms with E-state index in [0.717, 1.165) is 0 Å². The van der Waals surface area contributed by atoms with Crippen molar-refractivity contribution in [3.8, 4) is 0 Å². The van der Waals surface area contributed by atoms with Crippen LogP contribution in [0.4, 0.5) is 9.59 Å². The molecule has 0 aliphatic rings. The highest BCUT2D eigenvalue weighted by Gasteiger charge is 2.50. The van der Waals surface area contributed by atoms with E-state index in [2.05, 4.69) is 0 Å². The van der Waals surface area contributed by atoms with E-state index < -0.39 is 27.1 Å². The lowest BCUT2D eigenvalue weighted by molar-refractivity contribution is 0.164.